The number of piperazine rings is 1. The summed E-state index contributed by atoms with van der Waals surface area (Å²) in [6.45, 7) is 4.90. The minimum absolute atomic E-state index is 0.263. The Bertz CT molecular complexity index is 1410. The zero-order valence-corrected chi connectivity index (χ0v) is 21.6. The van der Waals surface area contributed by atoms with Gasteiger partial charge in [0.25, 0.3) is 0 Å². The van der Waals surface area contributed by atoms with Crippen molar-refractivity contribution in [1.82, 2.24) is 29.6 Å². The number of rotatable bonds is 8. The van der Waals surface area contributed by atoms with Gasteiger partial charge in [0.05, 0.1) is 24.5 Å². The van der Waals surface area contributed by atoms with E-state index in [2.05, 4.69) is 34.8 Å². The van der Waals surface area contributed by atoms with Crippen LogP contribution in [0.4, 0.5) is 10.3 Å². The zero-order chi connectivity index (χ0) is 26.5. The van der Waals surface area contributed by atoms with Gasteiger partial charge in [0, 0.05) is 71.9 Å². The van der Waals surface area contributed by atoms with E-state index in [1.165, 1.54) is 17.8 Å². The van der Waals surface area contributed by atoms with Crippen LogP contribution in [0.5, 0.6) is 0 Å². The number of nitrogens with zero attached hydrogens (tertiary/aromatic N) is 7. The average Bonchev–Trinajstić information content (AvgIpc) is 3.59. The number of aliphatic hydroxyl groups is 1. The van der Waals surface area contributed by atoms with Crippen LogP contribution in [0.3, 0.4) is 0 Å². The molecule has 3 N–H and O–H groups in total. The molecule has 0 spiro atoms. The first-order chi connectivity index (χ1) is 18.5. The molecule has 3 aromatic heterocycles. The number of hydrogen-bond donors (Lipinski definition) is 3. The molecule has 0 saturated carbocycles. The summed E-state index contributed by atoms with van der Waals surface area (Å²) in [5.74, 6) is 1.06. The lowest BCUT2D eigenvalue weighted by molar-refractivity contribution is 0.168. The molecule has 1 aromatic carbocycles. The maximum absolute atomic E-state index is 13.9. The van der Waals surface area contributed by atoms with E-state index < -0.39 is 6.10 Å². The zero-order valence-electron chi connectivity index (χ0n) is 20.8. The fourth-order valence-corrected chi connectivity index (χ4v) is 5.03. The summed E-state index contributed by atoms with van der Waals surface area (Å²) in [6.07, 6.45) is 9.57. The highest BCUT2D eigenvalue weighted by Gasteiger charge is 2.23. The van der Waals surface area contributed by atoms with Crippen molar-refractivity contribution in [2.75, 3.05) is 31.1 Å². The minimum Gasteiger partial charge on any atom is -0.391 e. The van der Waals surface area contributed by atoms with Gasteiger partial charge in [0.15, 0.2) is 5.84 Å². The lowest BCUT2D eigenvalue weighted by atomic mass is 10.2. The Hall–Kier alpha value is -4.03. The summed E-state index contributed by atoms with van der Waals surface area (Å²) in [4.78, 5) is 22.2. The molecule has 1 aliphatic rings. The molecule has 0 aliphatic carbocycles. The molecule has 0 amide bonds. The van der Waals surface area contributed by atoms with Gasteiger partial charge in [-0.25, -0.2) is 19.4 Å². The molecule has 5 rings (SSSR count). The van der Waals surface area contributed by atoms with E-state index in [-0.39, 0.29) is 5.82 Å². The quantitative estimate of drug-likeness (QED) is 0.234. The third-order valence-corrected chi connectivity index (χ3v) is 7.07. The lowest BCUT2D eigenvalue weighted by Gasteiger charge is -2.36. The van der Waals surface area contributed by atoms with Gasteiger partial charge in [-0.3, -0.25) is 10.1 Å². The second-order valence-electron chi connectivity index (χ2n) is 8.91. The van der Waals surface area contributed by atoms with Gasteiger partial charge >= 0.3 is 0 Å². The van der Waals surface area contributed by atoms with Crippen LogP contribution in [-0.4, -0.2) is 79.2 Å². The summed E-state index contributed by atoms with van der Waals surface area (Å²) >= 11 is 1.30. The summed E-state index contributed by atoms with van der Waals surface area (Å²) in [6, 6.07) is 8.64. The largest absolute Gasteiger partial charge is 0.391 e. The first-order valence-corrected chi connectivity index (χ1v) is 13.0. The topological polar surface area (TPSA) is 122 Å². The van der Waals surface area contributed by atoms with Crippen LogP contribution < -0.4 is 4.90 Å². The van der Waals surface area contributed by atoms with Crippen molar-refractivity contribution in [3.05, 3.63) is 72.8 Å². The fourth-order valence-electron chi connectivity index (χ4n) is 4.25. The summed E-state index contributed by atoms with van der Waals surface area (Å²) in [5, 5.41) is 21.5. The van der Waals surface area contributed by atoms with E-state index in [4.69, 9.17) is 5.41 Å². The predicted octanol–water partition coefficient (Wildman–Crippen LogP) is 3.52. The third-order valence-electron chi connectivity index (χ3n) is 6.07. The molecular formula is C26H28FN9OS. The second-order valence-corrected chi connectivity index (χ2v) is 10.0. The monoisotopic (exact) mass is 533 g/mol. The van der Waals surface area contributed by atoms with Crippen LogP contribution in [0.25, 0.3) is 11.1 Å². The maximum Gasteiger partial charge on any atom is 0.225 e. The van der Waals surface area contributed by atoms with Crippen LogP contribution in [0.1, 0.15) is 12.6 Å². The van der Waals surface area contributed by atoms with Crippen LogP contribution in [0.2, 0.25) is 0 Å². The highest BCUT2D eigenvalue weighted by Crippen LogP contribution is 2.29. The van der Waals surface area contributed by atoms with Crippen molar-refractivity contribution < 1.29 is 9.50 Å². The number of aromatic amines is 1. The van der Waals surface area contributed by atoms with E-state index in [1.807, 2.05) is 18.5 Å². The SMILES string of the molecule is C[C@H](O)Cn1cc(-c2c[nH]c(C(=NC=N)N3CCN(c4ncc(Sc5ccccc5F)cn4)CC3)c2)cn1. The van der Waals surface area contributed by atoms with Crippen molar-refractivity contribution in [2.24, 2.45) is 4.99 Å². The number of anilines is 1. The van der Waals surface area contributed by atoms with E-state index in [0.29, 0.717) is 49.4 Å². The standard InChI is InChI=1S/C26H28FN9OS/c1-18(37)15-36-16-20(12-33-36)19-10-23(29-11-19)25(32-17-28)34-6-8-35(9-7-34)26-30-13-21(14-31-26)38-24-5-3-2-4-22(24)27/h2-5,10-14,16-18,28-29,37H,6-9,15H2,1H3/t18-/m0/s1. The Morgan fingerprint density at radius 2 is 1.95 bits per heavy atom. The predicted molar refractivity (Wildman–Crippen MR) is 145 cm³/mol. The summed E-state index contributed by atoms with van der Waals surface area (Å²) in [7, 11) is 0. The smallest absolute Gasteiger partial charge is 0.225 e. The van der Waals surface area contributed by atoms with E-state index in [0.717, 1.165) is 28.1 Å². The highest BCUT2D eigenvalue weighted by atomic mass is 32.2. The molecule has 0 unspecified atom stereocenters. The van der Waals surface area contributed by atoms with Crippen molar-refractivity contribution in [2.45, 2.75) is 29.4 Å². The molecule has 196 valence electrons. The second kappa shape index (κ2) is 11.6. The lowest BCUT2D eigenvalue weighted by Crippen LogP contribution is -2.49. The molecule has 0 bridgehead atoms. The Morgan fingerprint density at radius 3 is 2.66 bits per heavy atom. The fraction of sp³-hybridized carbons (Fsp3) is 0.269. The van der Waals surface area contributed by atoms with Crippen LogP contribution in [0, 0.1) is 11.2 Å². The first-order valence-electron chi connectivity index (χ1n) is 12.2. The maximum atomic E-state index is 13.9. The molecule has 0 radical (unpaired) electrons. The van der Waals surface area contributed by atoms with Crippen molar-refractivity contribution in [1.29, 1.82) is 5.41 Å². The molecular weight excluding hydrogens is 505 g/mol. The number of aromatic nitrogens is 5. The molecule has 1 aliphatic heterocycles. The molecule has 4 aromatic rings. The Morgan fingerprint density at radius 1 is 1.18 bits per heavy atom. The number of aliphatic imine (C=N–C) groups is 1. The molecule has 1 saturated heterocycles. The van der Waals surface area contributed by atoms with Gasteiger partial charge in [0.1, 0.15) is 12.2 Å². The summed E-state index contributed by atoms with van der Waals surface area (Å²) < 4.78 is 15.7. The van der Waals surface area contributed by atoms with Crippen LogP contribution >= 0.6 is 11.8 Å². The van der Waals surface area contributed by atoms with Gasteiger partial charge < -0.3 is 19.9 Å². The molecule has 12 heteroatoms. The number of aliphatic hydroxyl groups excluding tert-OH is 1. The Kier molecular flexibility index (Phi) is 7.80. The number of benzene rings is 1. The van der Waals surface area contributed by atoms with Crippen molar-refractivity contribution in [3.63, 3.8) is 0 Å². The summed E-state index contributed by atoms with van der Waals surface area (Å²) in [5.41, 5.74) is 2.70. The minimum atomic E-state index is -0.476. The van der Waals surface area contributed by atoms with E-state index >= 15 is 0 Å². The van der Waals surface area contributed by atoms with Gasteiger partial charge in [-0.2, -0.15) is 5.10 Å². The molecule has 38 heavy (non-hydrogen) atoms. The van der Waals surface area contributed by atoms with Gasteiger partial charge in [0.2, 0.25) is 5.95 Å². The highest BCUT2D eigenvalue weighted by molar-refractivity contribution is 7.99. The van der Waals surface area contributed by atoms with Gasteiger partial charge in [-0.1, -0.05) is 23.9 Å². The normalized spacial score (nSPS) is 15.1. The number of H-pyrrole nitrogens is 1. The molecule has 1 fully saturated rings. The van der Waals surface area contributed by atoms with E-state index in [1.54, 1.807) is 48.4 Å². The Balaban J connectivity index is 1.22. The number of hydrogen-bond acceptors (Lipinski definition) is 7. The molecule has 4 heterocycles. The van der Waals surface area contributed by atoms with Crippen molar-refractivity contribution in [3.8, 4) is 11.1 Å². The van der Waals surface area contributed by atoms with Crippen molar-refractivity contribution >= 4 is 29.9 Å². The number of amidine groups is 1. The van der Waals surface area contributed by atoms with Gasteiger partial charge in [-0.15, -0.1) is 0 Å². The third kappa shape index (κ3) is 5.92. The first kappa shape index (κ1) is 25.6. The molecule has 10 nitrogen and oxygen atoms in total. The van der Waals surface area contributed by atoms with Crippen LogP contribution in [-0.2, 0) is 6.54 Å². The van der Waals surface area contributed by atoms with Gasteiger partial charge in [-0.05, 0) is 25.1 Å². The molecule has 1 atom stereocenters. The number of nitrogens with one attached hydrogen (secondary N) is 2. The average molecular weight is 534 g/mol. The van der Waals surface area contributed by atoms with Crippen LogP contribution in [0.15, 0.2) is 76.1 Å². The Labute approximate surface area is 223 Å². The number of halogens is 1. The van der Waals surface area contributed by atoms with E-state index in [9.17, 15) is 9.50 Å².